The molecule has 0 fully saturated rings. The molecule has 1 atom stereocenters. The second-order valence-corrected chi connectivity index (χ2v) is 2.58. The van der Waals surface area contributed by atoms with Crippen LogP contribution in [-0.4, -0.2) is 12.0 Å². The van der Waals surface area contributed by atoms with E-state index < -0.39 is 5.92 Å². The zero-order valence-electron chi connectivity index (χ0n) is 6.53. The van der Waals surface area contributed by atoms with E-state index in [2.05, 4.69) is 0 Å². The summed E-state index contributed by atoms with van der Waals surface area (Å²) in [5, 5.41) is 0. The molecule has 10 heavy (non-hydrogen) atoms. The van der Waals surface area contributed by atoms with Crippen molar-refractivity contribution in [1.82, 2.24) is 0 Å². The van der Waals surface area contributed by atoms with E-state index >= 15 is 0 Å². The second kappa shape index (κ2) is 3.86. The first kappa shape index (κ1) is 9.82. The lowest BCUT2D eigenvalue weighted by atomic mass is 10.1. The van der Waals surface area contributed by atoms with Crippen LogP contribution in [0.5, 0.6) is 0 Å². The van der Waals surface area contributed by atoms with Gasteiger partial charge in [0.15, 0.2) is 0 Å². The van der Waals surface area contributed by atoms with Crippen LogP contribution in [0.3, 0.4) is 0 Å². The highest BCUT2D eigenvalue weighted by Crippen LogP contribution is 2.23. The maximum Gasteiger partial charge on any atom is 0.249 e. The van der Waals surface area contributed by atoms with Crippen LogP contribution in [0, 0.1) is 0 Å². The first-order valence-corrected chi connectivity index (χ1v) is 3.65. The molecular weight excluding hydrogens is 136 g/mol. The SMILES string of the molecule is CC[C@H](N)CC(F)(F)CC. The van der Waals surface area contributed by atoms with E-state index in [1.807, 2.05) is 6.92 Å². The molecule has 0 aliphatic carbocycles. The number of hydrogen-bond acceptors (Lipinski definition) is 1. The van der Waals surface area contributed by atoms with Gasteiger partial charge >= 0.3 is 0 Å². The van der Waals surface area contributed by atoms with Gasteiger partial charge in [-0.15, -0.1) is 0 Å². The number of alkyl halides is 2. The molecule has 0 rings (SSSR count). The molecule has 62 valence electrons. The minimum Gasteiger partial charge on any atom is -0.327 e. The molecule has 0 aromatic heterocycles. The van der Waals surface area contributed by atoms with Crippen molar-refractivity contribution in [2.45, 2.75) is 45.1 Å². The Labute approximate surface area is 60.6 Å². The minimum atomic E-state index is -2.56. The van der Waals surface area contributed by atoms with Gasteiger partial charge in [-0.05, 0) is 6.42 Å². The van der Waals surface area contributed by atoms with Gasteiger partial charge in [-0.2, -0.15) is 0 Å². The van der Waals surface area contributed by atoms with Crippen molar-refractivity contribution in [3.8, 4) is 0 Å². The number of rotatable bonds is 4. The van der Waals surface area contributed by atoms with Crippen LogP contribution in [0.25, 0.3) is 0 Å². The molecule has 0 aromatic carbocycles. The van der Waals surface area contributed by atoms with E-state index in [0.717, 1.165) is 0 Å². The van der Waals surface area contributed by atoms with Crippen LogP contribution in [0.1, 0.15) is 33.1 Å². The number of hydrogen-bond donors (Lipinski definition) is 1. The molecule has 0 radical (unpaired) electrons. The largest absolute Gasteiger partial charge is 0.327 e. The van der Waals surface area contributed by atoms with Crippen molar-refractivity contribution in [2.75, 3.05) is 0 Å². The summed E-state index contributed by atoms with van der Waals surface area (Å²) in [7, 11) is 0. The predicted octanol–water partition coefficient (Wildman–Crippen LogP) is 2.16. The summed E-state index contributed by atoms with van der Waals surface area (Å²) in [5.74, 6) is -2.56. The highest BCUT2D eigenvalue weighted by atomic mass is 19.3. The number of nitrogens with two attached hydrogens (primary N) is 1. The predicted molar refractivity (Wildman–Crippen MR) is 38.1 cm³/mol. The van der Waals surface area contributed by atoms with Crippen molar-refractivity contribution >= 4 is 0 Å². The Morgan fingerprint density at radius 1 is 1.40 bits per heavy atom. The Morgan fingerprint density at radius 3 is 2.20 bits per heavy atom. The molecule has 0 saturated carbocycles. The molecule has 0 aliphatic rings. The summed E-state index contributed by atoms with van der Waals surface area (Å²) in [5.41, 5.74) is 5.35. The second-order valence-electron chi connectivity index (χ2n) is 2.58. The summed E-state index contributed by atoms with van der Waals surface area (Å²) in [6.07, 6.45) is 0.330. The fourth-order valence-corrected chi connectivity index (χ4v) is 0.672. The van der Waals surface area contributed by atoms with E-state index in [0.29, 0.717) is 6.42 Å². The smallest absolute Gasteiger partial charge is 0.249 e. The Kier molecular flexibility index (Phi) is 3.79. The van der Waals surface area contributed by atoms with Crippen molar-refractivity contribution in [2.24, 2.45) is 5.73 Å². The average molecular weight is 151 g/mol. The Hall–Kier alpha value is -0.180. The van der Waals surface area contributed by atoms with Gasteiger partial charge in [0.25, 0.3) is 0 Å². The fraction of sp³-hybridized carbons (Fsp3) is 1.00. The third kappa shape index (κ3) is 3.77. The molecule has 0 amide bonds. The molecule has 0 unspecified atom stereocenters. The number of halogens is 2. The van der Waals surface area contributed by atoms with Gasteiger partial charge in [0, 0.05) is 18.9 Å². The third-order valence-corrected chi connectivity index (χ3v) is 1.60. The van der Waals surface area contributed by atoms with Gasteiger partial charge in [-0.1, -0.05) is 13.8 Å². The van der Waals surface area contributed by atoms with Crippen molar-refractivity contribution in [1.29, 1.82) is 0 Å². The van der Waals surface area contributed by atoms with Crippen LogP contribution in [0.15, 0.2) is 0 Å². The Balaban J connectivity index is 3.64. The Bertz CT molecular complexity index is 93.6. The highest BCUT2D eigenvalue weighted by molar-refractivity contribution is 4.71. The lowest BCUT2D eigenvalue weighted by Gasteiger charge is -2.17. The van der Waals surface area contributed by atoms with Gasteiger partial charge in [0.2, 0.25) is 5.92 Å². The van der Waals surface area contributed by atoms with Crippen LogP contribution >= 0.6 is 0 Å². The average Bonchev–Trinajstić information content (AvgIpc) is 1.87. The lowest BCUT2D eigenvalue weighted by Crippen LogP contribution is -2.29. The van der Waals surface area contributed by atoms with Gasteiger partial charge in [0.1, 0.15) is 0 Å². The van der Waals surface area contributed by atoms with Gasteiger partial charge in [-0.3, -0.25) is 0 Å². The molecule has 3 heteroatoms. The topological polar surface area (TPSA) is 26.0 Å². The molecular formula is C7H15F2N. The lowest BCUT2D eigenvalue weighted by molar-refractivity contribution is -0.0175. The first-order chi connectivity index (χ1) is 4.52. The summed E-state index contributed by atoms with van der Waals surface area (Å²) in [6, 6.07) is -0.352. The van der Waals surface area contributed by atoms with Gasteiger partial charge in [0.05, 0.1) is 0 Å². The zero-order valence-corrected chi connectivity index (χ0v) is 6.53. The zero-order chi connectivity index (χ0) is 8.20. The molecule has 0 heterocycles. The minimum absolute atomic E-state index is 0.110. The molecule has 0 aliphatic heterocycles. The summed E-state index contributed by atoms with van der Waals surface area (Å²) in [6.45, 7) is 3.29. The van der Waals surface area contributed by atoms with E-state index in [4.69, 9.17) is 5.73 Å². The molecule has 0 saturated heterocycles. The highest BCUT2D eigenvalue weighted by Gasteiger charge is 2.27. The first-order valence-electron chi connectivity index (χ1n) is 3.65. The normalized spacial score (nSPS) is 15.3. The summed E-state index contributed by atoms with van der Waals surface area (Å²) < 4.78 is 25.0. The monoisotopic (exact) mass is 151 g/mol. The molecule has 1 nitrogen and oxygen atoms in total. The van der Waals surface area contributed by atoms with Crippen molar-refractivity contribution in [3.05, 3.63) is 0 Å². The van der Waals surface area contributed by atoms with Crippen LogP contribution in [0.2, 0.25) is 0 Å². The van der Waals surface area contributed by atoms with Crippen molar-refractivity contribution < 1.29 is 8.78 Å². The third-order valence-electron chi connectivity index (χ3n) is 1.60. The fourth-order valence-electron chi connectivity index (χ4n) is 0.672. The molecule has 0 spiro atoms. The summed E-state index contributed by atoms with van der Waals surface area (Å²) in [4.78, 5) is 0. The molecule has 0 aromatic rings. The van der Waals surface area contributed by atoms with Gasteiger partial charge < -0.3 is 5.73 Å². The maximum absolute atomic E-state index is 12.5. The standard InChI is InChI=1S/C7H15F2N/c1-3-6(10)5-7(8,9)4-2/h6H,3-5,10H2,1-2H3/t6-/m0/s1. The quantitative estimate of drug-likeness (QED) is 0.654. The van der Waals surface area contributed by atoms with E-state index in [9.17, 15) is 8.78 Å². The van der Waals surface area contributed by atoms with Crippen LogP contribution in [0.4, 0.5) is 8.78 Å². The van der Waals surface area contributed by atoms with E-state index in [1.165, 1.54) is 6.92 Å². The molecule has 2 N–H and O–H groups in total. The summed E-state index contributed by atoms with van der Waals surface area (Å²) >= 11 is 0. The van der Waals surface area contributed by atoms with Crippen LogP contribution < -0.4 is 5.73 Å². The van der Waals surface area contributed by atoms with E-state index in [-0.39, 0.29) is 18.9 Å². The van der Waals surface area contributed by atoms with E-state index in [1.54, 1.807) is 0 Å². The molecule has 0 bridgehead atoms. The van der Waals surface area contributed by atoms with Gasteiger partial charge in [-0.25, -0.2) is 8.78 Å². The van der Waals surface area contributed by atoms with Crippen molar-refractivity contribution in [3.63, 3.8) is 0 Å². The van der Waals surface area contributed by atoms with Crippen LogP contribution in [-0.2, 0) is 0 Å². The maximum atomic E-state index is 12.5. The Morgan fingerprint density at radius 2 is 1.90 bits per heavy atom.